The second-order valence-electron chi connectivity index (χ2n) is 7.15. The van der Waals surface area contributed by atoms with Gasteiger partial charge in [0.1, 0.15) is 10.6 Å². The lowest BCUT2D eigenvalue weighted by atomic mass is 9.86. The number of hydrogen-bond acceptors (Lipinski definition) is 4. The Bertz CT molecular complexity index is 777. The maximum absolute atomic E-state index is 13.0. The molecule has 0 bridgehead atoms. The molecule has 1 aromatic carbocycles. The number of carboxylic acids is 1. The number of carboxylic acid groups (broad SMARTS) is 1. The summed E-state index contributed by atoms with van der Waals surface area (Å²) >= 11 is 6.00. The Labute approximate surface area is 152 Å². The molecule has 1 saturated heterocycles. The third-order valence-corrected chi connectivity index (χ3v) is 7.28. The Morgan fingerprint density at radius 2 is 2.16 bits per heavy atom. The minimum Gasteiger partial charge on any atom is -0.492 e. The number of hydrogen-bond donors (Lipinski definition) is 1. The number of halogens is 1. The van der Waals surface area contributed by atoms with Gasteiger partial charge < -0.3 is 9.84 Å². The first-order valence-corrected chi connectivity index (χ1v) is 10.2. The summed E-state index contributed by atoms with van der Waals surface area (Å²) in [6.45, 7) is 2.16. The van der Waals surface area contributed by atoms with Crippen molar-refractivity contribution < 1.29 is 23.1 Å². The van der Waals surface area contributed by atoms with Gasteiger partial charge in [0.05, 0.1) is 12.0 Å². The highest BCUT2D eigenvalue weighted by Crippen LogP contribution is 2.37. The van der Waals surface area contributed by atoms with Gasteiger partial charge in [-0.1, -0.05) is 18.0 Å². The van der Waals surface area contributed by atoms with Crippen molar-refractivity contribution >= 4 is 27.6 Å². The second-order valence-corrected chi connectivity index (χ2v) is 9.50. The molecule has 1 aromatic rings. The van der Waals surface area contributed by atoms with E-state index in [-0.39, 0.29) is 30.2 Å². The largest absolute Gasteiger partial charge is 0.492 e. The monoisotopic (exact) mass is 387 g/mol. The van der Waals surface area contributed by atoms with Crippen LogP contribution in [-0.4, -0.2) is 43.5 Å². The Balaban J connectivity index is 1.86. The molecular formula is C17H22ClNO5S. The number of rotatable bonds is 6. The van der Waals surface area contributed by atoms with E-state index in [2.05, 4.69) is 0 Å². The molecule has 0 aromatic heterocycles. The molecule has 6 nitrogen and oxygen atoms in total. The highest BCUT2D eigenvalue weighted by molar-refractivity contribution is 7.89. The summed E-state index contributed by atoms with van der Waals surface area (Å²) in [7, 11) is -3.87. The van der Waals surface area contributed by atoms with Gasteiger partial charge in [0, 0.05) is 18.1 Å². The second kappa shape index (κ2) is 6.78. The Kier molecular flexibility index (Phi) is 5.01. The standard InChI is InChI=1S/C17H22ClNO5S/c1-17(16(20)21)7-8-19(11-17)25(22,23)15-9-13(18)5-6-14(15)24-10-12-3-2-4-12/h5-6,9,12H,2-4,7-8,10-11H2,1H3,(H,20,21). The van der Waals surface area contributed by atoms with Gasteiger partial charge in [0.15, 0.2) is 0 Å². The van der Waals surface area contributed by atoms with Gasteiger partial charge in [-0.3, -0.25) is 4.79 Å². The SMILES string of the molecule is CC1(C(=O)O)CCN(S(=O)(=O)c2cc(Cl)ccc2OCC2CCC2)C1. The van der Waals surface area contributed by atoms with Gasteiger partial charge >= 0.3 is 5.97 Å². The average Bonchev–Trinajstić information content (AvgIpc) is 2.92. The van der Waals surface area contributed by atoms with Crippen molar-refractivity contribution in [3.8, 4) is 5.75 Å². The lowest BCUT2D eigenvalue weighted by Crippen LogP contribution is -2.35. The van der Waals surface area contributed by atoms with Crippen molar-refractivity contribution in [3.05, 3.63) is 23.2 Å². The van der Waals surface area contributed by atoms with Crippen molar-refractivity contribution in [2.45, 2.75) is 37.5 Å². The number of ether oxygens (including phenoxy) is 1. The minimum absolute atomic E-state index is 0.00830. The van der Waals surface area contributed by atoms with Gasteiger partial charge in [-0.25, -0.2) is 8.42 Å². The first-order chi connectivity index (χ1) is 11.7. The van der Waals surface area contributed by atoms with Crippen molar-refractivity contribution in [2.75, 3.05) is 19.7 Å². The van der Waals surface area contributed by atoms with E-state index in [9.17, 15) is 18.3 Å². The minimum atomic E-state index is -3.87. The third kappa shape index (κ3) is 3.64. The van der Waals surface area contributed by atoms with Crippen LogP contribution in [0.2, 0.25) is 5.02 Å². The predicted octanol–water partition coefficient (Wildman–Crippen LogP) is 3.00. The van der Waals surface area contributed by atoms with Crippen molar-refractivity contribution in [1.82, 2.24) is 4.31 Å². The molecule has 1 N–H and O–H groups in total. The van der Waals surface area contributed by atoms with Crippen LogP contribution < -0.4 is 4.74 Å². The lowest BCUT2D eigenvalue weighted by Gasteiger charge is -2.26. The van der Waals surface area contributed by atoms with Crippen molar-refractivity contribution in [3.63, 3.8) is 0 Å². The summed E-state index contributed by atoms with van der Waals surface area (Å²) in [4.78, 5) is 11.4. The molecule has 2 aliphatic rings. The Hall–Kier alpha value is -1.31. The molecule has 1 aliphatic heterocycles. The molecular weight excluding hydrogens is 366 g/mol. The summed E-state index contributed by atoms with van der Waals surface area (Å²) in [6, 6.07) is 4.55. The normalized spacial score (nSPS) is 24.9. The fourth-order valence-corrected chi connectivity index (χ4v) is 5.07. The molecule has 138 valence electrons. The molecule has 1 saturated carbocycles. The van der Waals surface area contributed by atoms with E-state index in [1.165, 1.54) is 16.8 Å². The first-order valence-electron chi connectivity index (χ1n) is 8.38. The van der Waals surface area contributed by atoms with Crippen LogP contribution in [0.15, 0.2) is 23.1 Å². The Morgan fingerprint density at radius 1 is 1.44 bits per heavy atom. The zero-order chi connectivity index (χ0) is 18.2. The molecule has 1 heterocycles. The number of carbonyl (C=O) groups is 1. The number of nitrogens with zero attached hydrogens (tertiary/aromatic N) is 1. The van der Waals surface area contributed by atoms with E-state index in [4.69, 9.17) is 16.3 Å². The van der Waals surface area contributed by atoms with Crippen molar-refractivity contribution in [2.24, 2.45) is 11.3 Å². The molecule has 0 amide bonds. The van der Waals surface area contributed by atoms with E-state index >= 15 is 0 Å². The van der Waals surface area contributed by atoms with Crippen LogP contribution in [0.4, 0.5) is 0 Å². The quantitative estimate of drug-likeness (QED) is 0.811. The zero-order valence-corrected chi connectivity index (χ0v) is 15.6. The van der Waals surface area contributed by atoms with Crippen LogP contribution in [0.1, 0.15) is 32.6 Å². The van der Waals surface area contributed by atoms with E-state index in [1.807, 2.05) is 0 Å². The van der Waals surface area contributed by atoms with Gasteiger partial charge in [-0.2, -0.15) is 4.31 Å². The van der Waals surface area contributed by atoms with Crippen LogP contribution >= 0.6 is 11.6 Å². The van der Waals surface area contributed by atoms with Crippen LogP contribution in [0.25, 0.3) is 0 Å². The molecule has 0 radical (unpaired) electrons. The van der Waals surface area contributed by atoms with Gasteiger partial charge in [-0.05, 0) is 50.3 Å². The summed E-state index contributed by atoms with van der Waals surface area (Å²) in [6.07, 6.45) is 3.65. The average molecular weight is 388 g/mol. The smallest absolute Gasteiger partial charge is 0.310 e. The fraction of sp³-hybridized carbons (Fsp3) is 0.588. The maximum atomic E-state index is 13.0. The fourth-order valence-electron chi connectivity index (χ4n) is 3.11. The first kappa shape index (κ1) is 18.5. The van der Waals surface area contributed by atoms with E-state index in [1.54, 1.807) is 19.1 Å². The summed E-state index contributed by atoms with van der Waals surface area (Å²) in [5, 5.41) is 9.64. The molecule has 8 heteroatoms. The summed E-state index contributed by atoms with van der Waals surface area (Å²) < 4.78 is 33.1. The lowest BCUT2D eigenvalue weighted by molar-refractivity contribution is -0.146. The Morgan fingerprint density at radius 3 is 2.72 bits per heavy atom. The van der Waals surface area contributed by atoms with Gasteiger partial charge in [0.2, 0.25) is 10.0 Å². The topological polar surface area (TPSA) is 83.9 Å². The number of aliphatic carboxylic acids is 1. The number of benzene rings is 1. The summed E-state index contributed by atoms with van der Waals surface area (Å²) in [5.41, 5.74) is -1.07. The number of sulfonamides is 1. The van der Waals surface area contributed by atoms with E-state index in [0.717, 1.165) is 12.8 Å². The third-order valence-electron chi connectivity index (χ3n) is 5.18. The molecule has 1 unspecified atom stereocenters. The van der Waals surface area contributed by atoms with Crippen LogP contribution in [0, 0.1) is 11.3 Å². The van der Waals surface area contributed by atoms with Crippen molar-refractivity contribution in [1.29, 1.82) is 0 Å². The molecule has 3 rings (SSSR count). The predicted molar refractivity (Wildman–Crippen MR) is 93.4 cm³/mol. The highest BCUT2D eigenvalue weighted by Gasteiger charge is 2.45. The van der Waals surface area contributed by atoms with Crippen LogP contribution in [0.3, 0.4) is 0 Å². The van der Waals surface area contributed by atoms with Crippen LogP contribution in [0.5, 0.6) is 5.75 Å². The highest BCUT2D eigenvalue weighted by atomic mass is 35.5. The molecule has 0 spiro atoms. The molecule has 1 atom stereocenters. The summed E-state index contributed by atoms with van der Waals surface area (Å²) in [5.74, 6) is -0.244. The van der Waals surface area contributed by atoms with Crippen LogP contribution in [-0.2, 0) is 14.8 Å². The van der Waals surface area contributed by atoms with Gasteiger partial charge in [0.25, 0.3) is 0 Å². The molecule has 25 heavy (non-hydrogen) atoms. The van der Waals surface area contributed by atoms with Gasteiger partial charge in [-0.15, -0.1) is 0 Å². The zero-order valence-electron chi connectivity index (χ0n) is 14.1. The molecule has 2 fully saturated rings. The van der Waals surface area contributed by atoms with E-state index < -0.39 is 21.4 Å². The van der Waals surface area contributed by atoms with E-state index in [0.29, 0.717) is 17.5 Å². The molecule has 1 aliphatic carbocycles. The maximum Gasteiger partial charge on any atom is 0.310 e.